The zero-order valence-corrected chi connectivity index (χ0v) is 11.9. The van der Waals surface area contributed by atoms with E-state index in [4.69, 9.17) is 16.9 Å². The van der Waals surface area contributed by atoms with E-state index in [1.54, 1.807) is 0 Å². The van der Waals surface area contributed by atoms with Gasteiger partial charge in [0.05, 0.1) is 9.80 Å². The lowest BCUT2D eigenvalue weighted by molar-refractivity contribution is -0.116. The van der Waals surface area contributed by atoms with Crippen LogP contribution in [0.5, 0.6) is 0 Å². The molecule has 22 heavy (non-hydrogen) atoms. The van der Waals surface area contributed by atoms with Crippen LogP contribution in [0.4, 0.5) is 5.69 Å². The number of aromatic nitrogens is 2. The molecule has 0 unspecified atom stereocenters. The first kappa shape index (κ1) is 7.89. The summed E-state index contributed by atoms with van der Waals surface area (Å²) in [5.41, 5.74) is -2.96. The van der Waals surface area contributed by atoms with Crippen LogP contribution in [0.25, 0.3) is 0 Å². The maximum atomic E-state index is 12.8. The summed E-state index contributed by atoms with van der Waals surface area (Å²) in [6.45, 7) is -7.11. The van der Waals surface area contributed by atoms with Gasteiger partial charge in [0.1, 0.15) is 6.67 Å². The van der Waals surface area contributed by atoms with E-state index in [1.807, 2.05) is 0 Å². The van der Waals surface area contributed by atoms with Crippen molar-refractivity contribution < 1.29 is 30.1 Å². The third kappa shape index (κ3) is 3.92. The second-order valence-corrected chi connectivity index (χ2v) is 5.66. The first-order valence-corrected chi connectivity index (χ1v) is 7.43. The summed E-state index contributed by atoms with van der Waals surface area (Å²) in [6.07, 6.45) is 2.58. The molecule has 1 amide bonds. The largest absolute Gasteiger partial charge is 0.291 e. The minimum atomic E-state index is -4.91. The number of nitrogens with zero attached hydrogens (tertiary/aromatic N) is 3. The van der Waals surface area contributed by atoms with Gasteiger partial charge in [-0.3, -0.25) is 18.9 Å². The molecular weight excluding hydrogens is 306 g/mol. The summed E-state index contributed by atoms with van der Waals surface area (Å²) in [6, 6.07) is -1.60. The third-order valence-electron chi connectivity index (χ3n) is 2.57. The van der Waals surface area contributed by atoms with Crippen LogP contribution in [0.15, 0.2) is 36.6 Å². The van der Waals surface area contributed by atoms with Crippen molar-refractivity contribution in [2.75, 3.05) is 10.7 Å². The predicted molar refractivity (Wildman–Crippen MR) is 82.0 cm³/mol. The molecule has 8 heteroatoms. The van der Waals surface area contributed by atoms with E-state index in [2.05, 4.69) is 5.10 Å². The fraction of sp³-hybridized carbons (Fsp3) is 0.286. The van der Waals surface area contributed by atoms with Crippen molar-refractivity contribution in [1.82, 2.24) is 9.78 Å². The minimum Gasteiger partial charge on any atom is -0.291 e. The number of benzene rings is 1. The molecular formula is C14H17N3O4S. The Bertz CT molecular complexity index is 1050. The Balaban J connectivity index is 2.98. The molecule has 0 fully saturated rings. The summed E-state index contributed by atoms with van der Waals surface area (Å²) in [5, 5.41) is 3.81. The van der Waals surface area contributed by atoms with Gasteiger partial charge in [0, 0.05) is 20.6 Å². The molecule has 1 aromatic carbocycles. The number of amides is 1. The highest BCUT2D eigenvalue weighted by Crippen LogP contribution is 2.25. The van der Waals surface area contributed by atoms with Gasteiger partial charge in [-0.15, -0.1) is 0 Å². The summed E-state index contributed by atoms with van der Waals surface area (Å²) < 4.78 is 103. The van der Waals surface area contributed by atoms with Gasteiger partial charge in [0.2, 0.25) is 5.91 Å². The topological polar surface area (TPSA) is 92.5 Å². The molecule has 0 bridgehead atoms. The van der Waals surface area contributed by atoms with Gasteiger partial charge in [-0.05, 0) is 30.9 Å². The molecule has 0 atom stereocenters. The van der Waals surface area contributed by atoms with Crippen LogP contribution in [0.1, 0.15) is 23.5 Å². The molecule has 0 aliphatic rings. The quantitative estimate of drug-likeness (QED) is 0.835. The molecule has 0 aliphatic heterocycles. The van der Waals surface area contributed by atoms with Crippen molar-refractivity contribution in [3.63, 3.8) is 0 Å². The van der Waals surface area contributed by atoms with Gasteiger partial charge < -0.3 is 0 Å². The molecule has 1 aromatic heterocycles. The minimum absolute atomic E-state index is 0.416. The predicted octanol–water partition coefficient (Wildman–Crippen LogP) is 1.38. The number of rotatable bonds is 5. The maximum absolute atomic E-state index is 12.8. The van der Waals surface area contributed by atoms with Gasteiger partial charge in [-0.25, -0.2) is 0 Å². The van der Waals surface area contributed by atoms with Crippen molar-refractivity contribution in [3.05, 3.63) is 47.7 Å². The first-order valence-electron chi connectivity index (χ1n) is 10.3. The number of anilines is 1. The molecule has 7 nitrogen and oxygen atoms in total. The highest BCUT2D eigenvalue weighted by Gasteiger charge is 2.24. The van der Waals surface area contributed by atoms with Crippen LogP contribution in [-0.2, 0) is 21.6 Å². The smallest absolute Gasteiger partial charge is 0.274 e. The summed E-state index contributed by atoms with van der Waals surface area (Å²) >= 11 is 0. The normalized spacial score (nSPS) is 18.5. The Morgan fingerprint density at radius 1 is 1.45 bits per heavy atom. The lowest BCUT2D eigenvalue weighted by atomic mass is 10.1. The maximum Gasteiger partial charge on any atom is 0.274 e. The van der Waals surface area contributed by atoms with E-state index in [1.165, 1.54) is 18.5 Å². The lowest BCUT2D eigenvalue weighted by Crippen LogP contribution is -2.38. The van der Waals surface area contributed by atoms with Crippen LogP contribution < -0.4 is 4.90 Å². The zero-order chi connectivity index (χ0) is 23.9. The van der Waals surface area contributed by atoms with Crippen LogP contribution in [0.3, 0.4) is 0 Å². The van der Waals surface area contributed by atoms with E-state index in [9.17, 15) is 13.2 Å². The second kappa shape index (κ2) is 6.29. The number of para-hydroxylation sites is 1. The van der Waals surface area contributed by atoms with Crippen molar-refractivity contribution in [2.24, 2.45) is 0 Å². The summed E-state index contributed by atoms with van der Waals surface area (Å²) in [7, 11) is -4.91. The Morgan fingerprint density at radius 2 is 2.14 bits per heavy atom. The Hall–Kier alpha value is -2.19. The van der Waals surface area contributed by atoms with Gasteiger partial charge in [-0.2, -0.15) is 13.5 Å². The van der Waals surface area contributed by atoms with Crippen molar-refractivity contribution in [2.45, 2.75) is 20.4 Å². The average molecular weight is 332 g/mol. The number of hydrogen-bond acceptors (Lipinski definition) is 4. The Morgan fingerprint density at radius 3 is 2.64 bits per heavy atom. The highest BCUT2D eigenvalue weighted by atomic mass is 32.2. The van der Waals surface area contributed by atoms with Gasteiger partial charge >= 0.3 is 0 Å². The molecule has 0 saturated heterocycles. The van der Waals surface area contributed by atoms with Crippen LogP contribution >= 0.6 is 0 Å². The van der Waals surface area contributed by atoms with E-state index in [0.29, 0.717) is 4.90 Å². The van der Waals surface area contributed by atoms with Gasteiger partial charge in [0.15, 0.2) is 5.75 Å². The first-order chi connectivity index (χ1) is 13.9. The number of hydrogen-bond donors (Lipinski definition) is 1. The van der Waals surface area contributed by atoms with Crippen molar-refractivity contribution in [3.8, 4) is 0 Å². The molecule has 2 rings (SSSR count). The molecule has 1 heterocycles. The fourth-order valence-corrected chi connectivity index (χ4v) is 2.17. The van der Waals surface area contributed by atoms with Gasteiger partial charge in [-0.1, -0.05) is 18.1 Å². The molecule has 0 aliphatic carbocycles. The van der Waals surface area contributed by atoms with E-state index < -0.39 is 77.1 Å². The van der Waals surface area contributed by atoms with Gasteiger partial charge in [0.25, 0.3) is 10.1 Å². The van der Waals surface area contributed by atoms with E-state index in [-0.39, 0.29) is 0 Å². The summed E-state index contributed by atoms with van der Waals surface area (Å²) in [5.74, 6) is -2.95. The van der Waals surface area contributed by atoms with Crippen LogP contribution in [0.2, 0.25) is 0 Å². The molecule has 1 N–H and O–H groups in total. The Labute approximate surface area is 141 Å². The number of carbonyl (C=O) groups is 1. The molecule has 0 radical (unpaired) electrons. The Kier molecular flexibility index (Phi) is 2.25. The zero-order valence-electron chi connectivity index (χ0n) is 20.1. The molecule has 118 valence electrons. The molecule has 2 aromatic rings. The van der Waals surface area contributed by atoms with E-state index >= 15 is 0 Å². The molecule has 0 spiro atoms. The SMILES string of the molecule is [2H]c1c([2H])c(C([2H])([2H])[2H])c(N(Cn2cccn2)C(=O)CS(=O)(=O)O)c(C([2H])([2H])[2H])c1[2H]. The monoisotopic (exact) mass is 332 g/mol. The standard InChI is InChI=1S/C14H17N3O4S/c1-11-5-3-6-12(2)14(11)17(10-16-8-4-7-15-16)13(18)9-22(19,20)21/h3-8H,9-10H2,1-2H3,(H,19,20,21)/i1D3,2D3,3D,5D,6D. The van der Waals surface area contributed by atoms with E-state index in [0.717, 1.165) is 4.68 Å². The number of carbonyl (C=O) groups excluding carboxylic acids is 1. The second-order valence-electron chi connectivity index (χ2n) is 4.21. The summed E-state index contributed by atoms with van der Waals surface area (Å²) in [4.78, 5) is 13.2. The molecule has 0 saturated carbocycles. The van der Waals surface area contributed by atoms with Crippen LogP contribution in [-0.4, -0.2) is 34.4 Å². The highest BCUT2D eigenvalue weighted by molar-refractivity contribution is 7.86. The average Bonchev–Trinajstić information content (AvgIpc) is 3.06. The van der Waals surface area contributed by atoms with Crippen molar-refractivity contribution in [1.29, 1.82) is 0 Å². The van der Waals surface area contributed by atoms with Crippen LogP contribution in [0, 0.1) is 13.7 Å². The van der Waals surface area contributed by atoms with Crippen molar-refractivity contribution >= 4 is 21.7 Å². The fourth-order valence-electron chi connectivity index (χ4n) is 1.71. The lowest BCUT2D eigenvalue weighted by Gasteiger charge is -2.25. The third-order valence-corrected chi connectivity index (χ3v) is 3.18.